The van der Waals surface area contributed by atoms with E-state index in [4.69, 9.17) is 5.11 Å². The van der Waals surface area contributed by atoms with Crippen molar-refractivity contribution in [3.63, 3.8) is 0 Å². The highest BCUT2D eigenvalue weighted by atomic mass is 19.4. The summed E-state index contributed by atoms with van der Waals surface area (Å²) in [5.74, 6) is -1.74. The van der Waals surface area contributed by atoms with Gasteiger partial charge in [0, 0.05) is 0 Å². The zero-order chi connectivity index (χ0) is 13.1. The summed E-state index contributed by atoms with van der Waals surface area (Å²) in [5.41, 5.74) is -0.353. The monoisotopic (exact) mass is 246 g/mol. The molecular weight excluding hydrogens is 233 g/mol. The summed E-state index contributed by atoms with van der Waals surface area (Å²) in [7, 11) is 0. The molecule has 17 heavy (non-hydrogen) atoms. The number of aliphatic carboxylic acids is 1. The van der Waals surface area contributed by atoms with E-state index in [1.165, 1.54) is 12.1 Å². The second kappa shape index (κ2) is 5.21. The number of hydrogen-bond acceptors (Lipinski definition) is 1. The van der Waals surface area contributed by atoms with Gasteiger partial charge in [-0.05, 0) is 24.1 Å². The summed E-state index contributed by atoms with van der Waals surface area (Å²) < 4.78 is 36.9. The van der Waals surface area contributed by atoms with Gasteiger partial charge < -0.3 is 5.11 Å². The zero-order valence-electron chi connectivity index (χ0n) is 9.29. The maximum Gasteiger partial charge on any atom is 0.416 e. The minimum absolute atomic E-state index is 0.410. The molecule has 1 N–H and O–H groups in total. The number of alkyl halides is 3. The largest absolute Gasteiger partial charge is 0.481 e. The third-order valence-corrected chi connectivity index (χ3v) is 2.52. The second-order valence-electron chi connectivity index (χ2n) is 3.80. The number of rotatable bonds is 4. The van der Waals surface area contributed by atoms with E-state index < -0.39 is 23.6 Å². The fraction of sp³-hybridized carbons (Fsp3) is 0.417. The molecule has 94 valence electrons. The summed E-state index contributed by atoms with van der Waals surface area (Å²) in [4.78, 5) is 10.9. The SMILES string of the molecule is CCCC(C(=O)O)c1ccc(C(F)(F)F)cc1. The highest BCUT2D eigenvalue weighted by molar-refractivity contribution is 5.76. The van der Waals surface area contributed by atoms with Gasteiger partial charge in [0.25, 0.3) is 0 Å². The second-order valence-corrected chi connectivity index (χ2v) is 3.80. The smallest absolute Gasteiger partial charge is 0.416 e. The third-order valence-electron chi connectivity index (χ3n) is 2.52. The Bertz CT molecular complexity index is 382. The quantitative estimate of drug-likeness (QED) is 0.880. The molecule has 0 heterocycles. The molecule has 0 spiro atoms. The van der Waals surface area contributed by atoms with E-state index in [0.29, 0.717) is 18.4 Å². The summed E-state index contributed by atoms with van der Waals surface area (Å²) >= 11 is 0. The average molecular weight is 246 g/mol. The van der Waals surface area contributed by atoms with E-state index in [2.05, 4.69) is 0 Å². The number of carboxylic acids is 1. The van der Waals surface area contributed by atoms with Crippen LogP contribution in [0.5, 0.6) is 0 Å². The van der Waals surface area contributed by atoms with Crippen molar-refractivity contribution in [2.45, 2.75) is 31.9 Å². The van der Waals surface area contributed by atoms with Gasteiger partial charge >= 0.3 is 12.1 Å². The Balaban J connectivity index is 2.96. The van der Waals surface area contributed by atoms with Crippen LogP contribution in [0, 0.1) is 0 Å². The molecular formula is C12H13F3O2. The van der Waals surface area contributed by atoms with Gasteiger partial charge in [-0.2, -0.15) is 13.2 Å². The number of carbonyl (C=O) groups is 1. The van der Waals surface area contributed by atoms with Gasteiger partial charge in [-0.1, -0.05) is 25.5 Å². The molecule has 5 heteroatoms. The lowest BCUT2D eigenvalue weighted by Crippen LogP contribution is -2.12. The Morgan fingerprint density at radius 2 is 1.82 bits per heavy atom. The van der Waals surface area contributed by atoms with E-state index in [0.717, 1.165) is 12.1 Å². The van der Waals surface area contributed by atoms with Gasteiger partial charge in [0.15, 0.2) is 0 Å². The molecule has 1 aromatic carbocycles. The van der Waals surface area contributed by atoms with E-state index >= 15 is 0 Å². The van der Waals surface area contributed by atoms with Crippen LogP contribution < -0.4 is 0 Å². The predicted molar refractivity (Wildman–Crippen MR) is 56.7 cm³/mol. The van der Waals surface area contributed by atoms with Crippen LogP contribution in [0.3, 0.4) is 0 Å². The van der Waals surface area contributed by atoms with Crippen LogP contribution >= 0.6 is 0 Å². The summed E-state index contributed by atoms with van der Waals surface area (Å²) in [6, 6.07) is 4.30. The molecule has 0 radical (unpaired) electrons. The molecule has 0 aromatic heterocycles. The van der Waals surface area contributed by atoms with Gasteiger partial charge in [0.2, 0.25) is 0 Å². The average Bonchev–Trinajstić information content (AvgIpc) is 2.24. The molecule has 1 rings (SSSR count). The normalized spacial score (nSPS) is 13.4. The summed E-state index contributed by atoms with van der Waals surface area (Å²) in [5, 5.41) is 8.96. The Kier molecular flexibility index (Phi) is 4.15. The standard InChI is InChI=1S/C12H13F3O2/c1-2-3-10(11(16)17)8-4-6-9(7-5-8)12(13,14)15/h4-7,10H,2-3H2,1H3,(H,16,17). The first-order valence-corrected chi connectivity index (χ1v) is 5.26. The molecule has 1 aromatic rings. The van der Waals surface area contributed by atoms with Crippen molar-refractivity contribution in [2.75, 3.05) is 0 Å². The Morgan fingerprint density at radius 3 is 2.18 bits per heavy atom. The van der Waals surface area contributed by atoms with Crippen LogP contribution in [0.4, 0.5) is 13.2 Å². The lowest BCUT2D eigenvalue weighted by Gasteiger charge is -2.13. The maximum absolute atomic E-state index is 12.3. The molecule has 1 atom stereocenters. The van der Waals surface area contributed by atoms with E-state index in [-0.39, 0.29) is 0 Å². The van der Waals surface area contributed by atoms with Crippen LogP contribution in [-0.4, -0.2) is 11.1 Å². The summed E-state index contributed by atoms with van der Waals surface area (Å²) in [6.45, 7) is 1.83. The van der Waals surface area contributed by atoms with Gasteiger partial charge in [-0.15, -0.1) is 0 Å². The van der Waals surface area contributed by atoms with Gasteiger partial charge in [-0.3, -0.25) is 4.79 Å². The van der Waals surface area contributed by atoms with Crippen molar-refractivity contribution >= 4 is 5.97 Å². The molecule has 0 aliphatic carbocycles. The van der Waals surface area contributed by atoms with Gasteiger partial charge in [0.1, 0.15) is 0 Å². The van der Waals surface area contributed by atoms with E-state index in [1.807, 2.05) is 6.92 Å². The molecule has 0 saturated heterocycles. The van der Waals surface area contributed by atoms with Gasteiger partial charge in [-0.25, -0.2) is 0 Å². The lowest BCUT2D eigenvalue weighted by atomic mass is 9.94. The van der Waals surface area contributed by atoms with Crippen molar-refractivity contribution < 1.29 is 23.1 Å². The van der Waals surface area contributed by atoms with Crippen molar-refractivity contribution in [3.05, 3.63) is 35.4 Å². The summed E-state index contributed by atoms with van der Waals surface area (Å²) in [6.07, 6.45) is -3.30. The fourth-order valence-corrected chi connectivity index (χ4v) is 1.63. The fourth-order valence-electron chi connectivity index (χ4n) is 1.63. The Labute approximate surface area is 97.1 Å². The number of carboxylic acid groups (broad SMARTS) is 1. The van der Waals surface area contributed by atoms with Crippen molar-refractivity contribution in [3.8, 4) is 0 Å². The lowest BCUT2D eigenvalue weighted by molar-refractivity contribution is -0.139. The van der Waals surface area contributed by atoms with Crippen molar-refractivity contribution in [1.82, 2.24) is 0 Å². The van der Waals surface area contributed by atoms with Crippen LogP contribution in [-0.2, 0) is 11.0 Å². The van der Waals surface area contributed by atoms with E-state index in [1.54, 1.807) is 0 Å². The maximum atomic E-state index is 12.3. The van der Waals surface area contributed by atoms with Gasteiger partial charge in [0.05, 0.1) is 11.5 Å². The zero-order valence-corrected chi connectivity index (χ0v) is 9.29. The minimum Gasteiger partial charge on any atom is -0.481 e. The minimum atomic E-state index is -4.39. The van der Waals surface area contributed by atoms with Crippen LogP contribution in [0.1, 0.15) is 36.8 Å². The first-order valence-electron chi connectivity index (χ1n) is 5.26. The van der Waals surface area contributed by atoms with Crippen LogP contribution in [0.15, 0.2) is 24.3 Å². The molecule has 0 amide bonds. The first kappa shape index (κ1) is 13.5. The Hall–Kier alpha value is -1.52. The Morgan fingerprint density at radius 1 is 1.29 bits per heavy atom. The van der Waals surface area contributed by atoms with E-state index in [9.17, 15) is 18.0 Å². The molecule has 2 nitrogen and oxygen atoms in total. The molecule has 0 aliphatic rings. The highest BCUT2D eigenvalue weighted by Crippen LogP contribution is 2.31. The highest BCUT2D eigenvalue weighted by Gasteiger charge is 2.30. The molecule has 0 fully saturated rings. The number of halogens is 3. The number of hydrogen-bond donors (Lipinski definition) is 1. The third kappa shape index (κ3) is 3.47. The van der Waals surface area contributed by atoms with Crippen molar-refractivity contribution in [2.24, 2.45) is 0 Å². The molecule has 0 saturated carbocycles. The topological polar surface area (TPSA) is 37.3 Å². The molecule has 1 unspecified atom stereocenters. The number of benzene rings is 1. The van der Waals surface area contributed by atoms with Crippen LogP contribution in [0.2, 0.25) is 0 Å². The molecule has 0 aliphatic heterocycles. The van der Waals surface area contributed by atoms with Crippen molar-refractivity contribution in [1.29, 1.82) is 0 Å². The van der Waals surface area contributed by atoms with Crippen LogP contribution in [0.25, 0.3) is 0 Å². The predicted octanol–water partition coefficient (Wildman–Crippen LogP) is 3.67. The molecule has 0 bridgehead atoms. The first-order chi connectivity index (χ1) is 7.86.